The van der Waals surface area contributed by atoms with E-state index < -0.39 is 11.6 Å². The standard InChI is InChI=1S/CH3Cl3FNP2S/c1-7(2,3)6-8(4,5)9/h1H3. The van der Waals surface area contributed by atoms with Gasteiger partial charge in [0.1, 0.15) is 5.76 Å². The molecule has 0 heterocycles. The van der Waals surface area contributed by atoms with Crippen molar-refractivity contribution < 1.29 is 4.20 Å². The fourth-order valence-electron chi connectivity index (χ4n) is 0.183. The summed E-state index contributed by atoms with van der Waals surface area (Å²) in [7, 11) is 0. The van der Waals surface area contributed by atoms with E-state index in [0.717, 1.165) is 0 Å². The summed E-state index contributed by atoms with van der Waals surface area (Å²) in [5.41, 5.74) is 0. The van der Waals surface area contributed by atoms with Crippen LogP contribution in [0.15, 0.2) is 4.52 Å². The van der Waals surface area contributed by atoms with Gasteiger partial charge >= 0.3 is 5.85 Å². The van der Waals surface area contributed by atoms with Crippen molar-refractivity contribution in [2.75, 3.05) is 6.66 Å². The Kier molecular flexibility index (Phi) is 4.02. The Morgan fingerprint density at radius 3 is 1.78 bits per heavy atom. The second-order valence-electron chi connectivity index (χ2n) is 1.28. The van der Waals surface area contributed by atoms with Crippen LogP contribution in [0.3, 0.4) is 0 Å². The van der Waals surface area contributed by atoms with Gasteiger partial charge in [0.05, 0.1) is 0 Å². The largest absolute Gasteiger partial charge is 0.306 e. The summed E-state index contributed by atoms with van der Waals surface area (Å²) in [6.07, 6.45) is 0. The van der Waals surface area contributed by atoms with Gasteiger partial charge in [-0.2, -0.15) is 8.71 Å². The molecule has 8 heteroatoms. The van der Waals surface area contributed by atoms with E-state index in [0.29, 0.717) is 0 Å². The summed E-state index contributed by atoms with van der Waals surface area (Å²) in [5.74, 6) is -6.10. The summed E-state index contributed by atoms with van der Waals surface area (Å²) in [6, 6.07) is 0. The third-order valence-corrected chi connectivity index (χ3v) is 4.83. The molecule has 0 aromatic carbocycles. The van der Waals surface area contributed by atoms with Gasteiger partial charge in [0.15, 0.2) is 0 Å². The molecule has 0 rings (SSSR count). The molecule has 0 saturated heterocycles. The minimum absolute atomic E-state index is 1.40. The molecule has 0 aromatic heterocycles. The first-order valence-electron chi connectivity index (χ1n) is 1.71. The number of rotatable bonds is 1. The van der Waals surface area contributed by atoms with E-state index in [-0.39, 0.29) is 0 Å². The Labute approximate surface area is 72.5 Å². The number of hydrogen-bond acceptors (Lipinski definition) is 1. The van der Waals surface area contributed by atoms with Crippen LogP contribution in [0.4, 0.5) is 4.20 Å². The van der Waals surface area contributed by atoms with Gasteiger partial charge in [-0.25, -0.2) is 0 Å². The van der Waals surface area contributed by atoms with Gasteiger partial charge in [0.2, 0.25) is 0 Å². The molecule has 0 spiro atoms. The van der Waals surface area contributed by atoms with E-state index in [1.54, 1.807) is 0 Å². The lowest BCUT2D eigenvalue weighted by atomic mass is 12.0. The predicted molar refractivity (Wildman–Crippen MR) is 48.2 cm³/mol. The highest BCUT2D eigenvalue weighted by Gasteiger charge is 2.13. The second kappa shape index (κ2) is 3.38. The van der Waals surface area contributed by atoms with E-state index >= 15 is 0 Å². The first-order valence-corrected chi connectivity index (χ1v) is 9.26. The van der Waals surface area contributed by atoms with Gasteiger partial charge in [-0.15, -0.1) is 0 Å². The monoisotopic (exact) mass is 247 g/mol. The topological polar surface area (TPSA) is 12.4 Å². The Balaban J connectivity index is 4.53. The van der Waals surface area contributed by atoms with Gasteiger partial charge in [0, 0.05) is 0 Å². The Bertz CT molecular complexity index is 184. The molecule has 1 unspecified atom stereocenters. The average Bonchev–Trinajstić information content (AvgIpc) is 1.14. The van der Waals surface area contributed by atoms with Crippen molar-refractivity contribution in [2.45, 2.75) is 0 Å². The normalized spacial score (nSPS) is 18.8. The Morgan fingerprint density at radius 2 is 1.78 bits per heavy atom. The minimum Gasteiger partial charge on any atom is -0.198 e. The zero-order chi connectivity index (χ0) is 7.71. The van der Waals surface area contributed by atoms with Gasteiger partial charge in [-0.05, 0) is 29.7 Å². The highest BCUT2D eigenvalue weighted by Crippen LogP contribution is 2.69. The van der Waals surface area contributed by atoms with Gasteiger partial charge < -0.3 is 0 Å². The van der Waals surface area contributed by atoms with Gasteiger partial charge in [0.25, 0.3) is 0 Å². The zero-order valence-electron chi connectivity index (χ0n) is 4.26. The molecule has 0 aliphatic rings. The van der Waals surface area contributed by atoms with E-state index in [1.165, 1.54) is 6.66 Å². The fourth-order valence-corrected chi connectivity index (χ4v) is 7.20. The molecule has 1 nitrogen and oxygen atoms in total. The third kappa shape index (κ3) is 9.68. The Hall–Kier alpha value is 1.68. The SMILES string of the molecule is CP(Cl)(Cl)=NP(F)(=S)Cl. The van der Waals surface area contributed by atoms with E-state index in [9.17, 15) is 4.20 Å². The fraction of sp³-hybridized carbons (Fsp3) is 1.00. The maximum Gasteiger partial charge on any atom is 0.306 e. The molecule has 1 atom stereocenters. The predicted octanol–water partition coefficient (Wildman–Crippen LogP) is 4.56. The van der Waals surface area contributed by atoms with Crippen LogP contribution in [-0.4, -0.2) is 6.66 Å². The molecule has 0 amide bonds. The van der Waals surface area contributed by atoms with Crippen molar-refractivity contribution >= 4 is 57.1 Å². The van der Waals surface area contributed by atoms with Crippen LogP contribution in [0.1, 0.15) is 0 Å². The van der Waals surface area contributed by atoms with E-state index in [1.807, 2.05) is 0 Å². The molecule has 0 bridgehead atoms. The highest BCUT2D eigenvalue weighted by atomic mass is 35.9. The number of halogens is 4. The molecule has 0 aliphatic heterocycles. The maximum atomic E-state index is 12.3. The van der Waals surface area contributed by atoms with E-state index in [4.69, 9.17) is 33.7 Å². The van der Waals surface area contributed by atoms with Crippen LogP contribution in [0.2, 0.25) is 0 Å². The van der Waals surface area contributed by atoms with Crippen molar-refractivity contribution in [2.24, 2.45) is 4.52 Å². The van der Waals surface area contributed by atoms with Gasteiger partial charge in [-0.3, -0.25) is 0 Å². The van der Waals surface area contributed by atoms with Crippen LogP contribution < -0.4 is 0 Å². The highest BCUT2D eigenvalue weighted by molar-refractivity contribution is 8.27. The van der Waals surface area contributed by atoms with Crippen LogP contribution in [0.5, 0.6) is 0 Å². The molecule has 0 aliphatic carbocycles. The summed E-state index contributed by atoms with van der Waals surface area (Å²) in [5, 5.41) is 0. The van der Waals surface area contributed by atoms with Crippen molar-refractivity contribution in [3.8, 4) is 0 Å². The number of nitrogens with zero attached hydrogens (tertiary/aromatic N) is 1. The summed E-state index contributed by atoms with van der Waals surface area (Å²) in [4.78, 5) is 0. The summed E-state index contributed by atoms with van der Waals surface area (Å²) < 4.78 is 15.5. The second-order valence-corrected chi connectivity index (χ2v) is 12.2. The first kappa shape index (κ1) is 10.7. The minimum atomic E-state index is -3.57. The van der Waals surface area contributed by atoms with Crippen LogP contribution in [-0.2, 0) is 11.8 Å². The maximum absolute atomic E-state index is 12.3. The smallest absolute Gasteiger partial charge is 0.198 e. The van der Waals surface area contributed by atoms with Crippen LogP contribution in [0.25, 0.3) is 0 Å². The van der Waals surface area contributed by atoms with Crippen molar-refractivity contribution in [1.29, 1.82) is 0 Å². The molecule has 0 fully saturated rings. The van der Waals surface area contributed by atoms with E-state index in [2.05, 4.69) is 16.3 Å². The summed E-state index contributed by atoms with van der Waals surface area (Å²) >= 11 is 19.8. The molecular formula is CH3Cl3FNP2S. The average molecular weight is 248 g/mol. The quantitative estimate of drug-likeness (QED) is 0.620. The van der Waals surface area contributed by atoms with Crippen molar-refractivity contribution in [3.05, 3.63) is 0 Å². The first-order chi connectivity index (χ1) is 3.71. The van der Waals surface area contributed by atoms with Crippen LogP contribution >= 0.6 is 45.3 Å². The zero-order valence-corrected chi connectivity index (χ0v) is 9.13. The van der Waals surface area contributed by atoms with Crippen molar-refractivity contribution in [1.82, 2.24) is 0 Å². The van der Waals surface area contributed by atoms with Gasteiger partial charge in [-0.1, -0.05) is 22.5 Å². The van der Waals surface area contributed by atoms with Crippen LogP contribution in [0, 0.1) is 0 Å². The third-order valence-electron chi connectivity index (χ3n) is 0.261. The van der Waals surface area contributed by atoms with Crippen molar-refractivity contribution in [3.63, 3.8) is 0 Å². The molecule has 0 saturated carbocycles. The number of hydrogen-bond donors (Lipinski definition) is 0. The molecule has 9 heavy (non-hydrogen) atoms. The molecule has 0 aromatic rings. The molecular weight excluding hydrogens is 245 g/mol. The molecule has 56 valence electrons. The molecule has 0 N–H and O–H groups in total. The Morgan fingerprint density at radius 1 is 1.44 bits per heavy atom. The lowest BCUT2D eigenvalue weighted by Gasteiger charge is -2.00. The lowest BCUT2D eigenvalue weighted by Crippen LogP contribution is -1.50. The lowest BCUT2D eigenvalue weighted by molar-refractivity contribution is 0.909. The summed E-state index contributed by atoms with van der Waals surface area (Å²) in [6.45, 7) is 1.40. The molecule has 0 radical (unpaired) electrons.